The molecule has 0 aliphatic carbocycles. The van der Waals surface area contributed by atoms with Crippen LogP contribution in [0.4, 0.5) is 11.4 Å². The van der Waals surface area contributed by atoms with Crippen molar-refractivity contribution in [3.8, 4) is 0 Å². The lowest BCUT2D eigenvalue weighted by Crippen LogP contribution is -2.30. The van der Waals surface area contributed by atoms with Gasteiger partial charge in [-0.2, -0.15) is 0 Å². The van der Waals surface area contributed by atoms with Gasteiger partial charge >= 0.3 is 0 Å². The number of anilines is 2. The fraction of sp³-hybridized carbons (Fsp3) is 0.0455. The first-order valence-electron chi connectivity index (χ1n) is 8.71. The van der Waals surface area contributed by atoms with E-state index in [0.29, 0.717) is 33.1 Å². The summed E-state index contributed by atoms with van der Waals surface area (Å²) in [6, 6.07) is 16.7. The Kier molecular flexibility index (Phi) is 4.98. The SMILES string of the molecule is Cc1cc(NC(=O)c2ccc(Br)cc2)ccc1N1C(=O)c2ccc(Cl)cc2C1=O. The number of carbonyl (C=O) groups is 3. The van der Waals surface area contributed by atoms with Crippen molar-refractivity contribution >= 4 is 56.6 Å². The Morgan fingerprint density at radius 3 is 2.31 bits per heavy atom. The Bertz CT molecular complexity index is 1180. The predicted octanol–water partition coefficient (Wildman–Crippen LogP) is 5.46. The lowest BCUT2D eigenvalue weighted by atomic mass is 10.1. The first kappa shape index (κ1) is 19.4. The first-order chi connectivity index (χ1) is 13.8. The van der Waals surface area contributed by atoms with E-state index in [1.807, 2.05) is 0 Å². The Balaban J connectivity index is 1.60. The molecule has 0 saturated carbocycles. The fourth-order valence-electron chi connectivity index (χ4n) is 3.22. The van der Waals surface area contributed by atoms with Crippen LogP contribution in [0.15, 0.2) is 65.1 Å². The summed E-state index contributed by atoms with van der Waals surface area (Å²) < 4.78 is 0.886. The fourth-order valence-corrected chi connectivity index (χ4v) is 3.66. The van der Waals surface area contributed by atoms with Crippen molar-refractivity contribution < 1.29 is 14.4 Å². The van der Waals surface area contributed by atoms with Gasteiger partial charge in [-0.05, 0) is 73.2 Å². The van der Waals surface area contributed by atoms with Crippen LogP contribution in [0.1, 0.15) is 36.6 Å². The number of hydrogen-bond donors (Lipinski definition) is 1. The summed E-state index contributed by atoms with van der Waals surface area (Å²) in [5.41, 5.74) is 2.85. The summed E-state index contributed by atoms with van der Waals surface area (Å²) in [6.45, 7) is 1.78. The van der Waals surface area contributed by atoms with Gasteiger partial charge in [0.1, 0.15) is 0 Å². The molecule has 1 aliphatic heterocycles. The molecule has 0 atom stereocenters. The zero-order valence-corrected chi connectivity index (χ0v) is 17.5. The highest BCUT2D eigenvalue weighted by Gasteiger charge is 2.37. The van der Waals surface area contributed by atoms with Gasteiger partial charge in [-0.25, -0.2) is 4.90 Å². The highest BCUT2D eigenvalue weighted by atomic mass is 79.9. The summed E-state index contributed by atoms with van der Waals surface area (Å²) in [5, 5.41) is 3.22. The number of imide groups is 1. The molecular weight excluding hydrogens is 456 g/mol. The molecule has 1 aliphatic rings. The highest BCUT2D eigenvalue weighted by Crippen LogP contribution is 2.33. The smallest absolute Gasteiger partial charge is 0.266 e. The molecule has 0 spiro atoms. The second-order valence-electron chi connectivity index (χ2n) is 6.60. The zero-order chi connectivity index (χ0) is 20.7. The Morgan fingerprint density at radius 1 is 0.931 bits per heavy atom. The van der Waals surface area contributed by atoms with Crippen LogP contribution in [0.3, 0.4) is 0 Å². The average Bonchev–Trinajstić information content (AvgIpc) is 2.93. The van der Waals surface area contributed by atoms with Crippen molar-refractivity contribution in [3.63, 3.8) is 0 Å². The third-order valence-corrected chi connectivity index (χ3v) is 5.41. The third-order valence-electron chi connectivity index (χ3n) is 4.65. The van der Waals surface area contributed by atoms with Gasteiger partial charge in [0, 0.05) is 20.7 Å². The Morgan fingerprint density at radius 2 is 1.62 bits per heavy atom. The summed E-state index contributed by atoms with van der Waals surface area (Å²) in [7, 11) is 0. The lowest BCUT2D eigenvalue weighted by Gasteiger charge is -2.17. The van der Waals surface area contributed by atoms with Crippen LogP contribution in [0.2, 0.25) is 5.02 Å². The molecule has 4 rings (SSSR count). The van der Waals surface area contributed by atoms with Crippen LogP contribution in [0, 0.1) is 6.92 Å². The maximum Gasteiger partial charge on any atom is 0.266 e. The molecule has 0 bridgehead atoms. The van der Waals surface area contributed by atoms with Crippen molar-refractivity contribution in [1.29, 1.82) is 0 Å². The number of aryl methyl sites for hydroxylation is 1. The average molecular weight is 470 g/mol. The molecule has 0 unspecified atom stereocenters. The molecule has 1 heterocycles. The van der Waals surface area contributed by atoms with E-state index in [0.717, 1.165) is 9.37 Å². The quantitative estimate of drug-likeness (QED) is 0.518. The maximum absolute atomic E-state index is 12.8. The summed E-state index contributed by atoms with van der Waals surface area (Å²) >= 11 is 9.30. The van der Waals surface area contributed by atoms with Crippen molar-refractivity contribution in [2.24, 2.45) is 0 Å². The van der Waals surface area contributed by atoms with Gasteiger partial charge in [0.15, 0.2) is 0 Å². The molecule has 0 saturated heterocycles. The first-order valence-corrected chi connectivity index (χ1v) is 9.88. The van der Waals surface area contributed by atoms with E-state index in [-0.39, 0.29) is 11.5 Å². The van der Waals surface area contributed by atoms with E-state index in [4.69, 9.17) is 11.6 Å². The topological polar surface area (TPSA) is 66.5 Å². The van der Waals surface area contributed by atoms with E-state index < -0.39 is 11.8 Å². The minimum atomic E-state index is -0.415. The van der Waals surface area contributed by atoms with Crippen molar-refractivity contribution in [2.45, 2.75) is 6.92 Å². The van der Waals surface area contributed by atoms with Crippen LogP contribution in [0.25, 0.3) is 0 Å². The summed E-state index contributed by atoms with van der Waals surface area (Å²) in [4.78, 5) is 39.0. The minimum absolute atomic E-state index is 0.250. The molecule has 0 radical (unpaired) electrons. The molecule has 3 aromatic rings. The van der Waals surface area contributed by atoms with E-state index in [9.17, 15) is 14.4 Å². The van der Waals surface area contributed by atoms with Crippen LogP contribution >= 0.6 is 27.5 Å². The molecule has 7 heteroatoms. The largest absolute Gasteiger partial charge is 0.322 e. The third kappa shape index (κ3) is 3.57. The van der Waals surface area contributed by atoms with Gasteiger partial charge in [0.05, 0.1) is 16.8 Å². The molecule has 5 nitrogen and oxygen atoms in total. The summed E-state index contributed by atoms with van der Waals surface area (Å²) in [6.07, 6.45) is 0. The highest BCUT2D eigenvalue weighted by molar-refractivity contribution is 9.10. The number of carbonyl (C=O) groups excluding carboxylic acids is 3. The molecular formula is C22H14BrClN2O3. The van der Waals surface area contributed by atoms with E-state index in [1.165, 1.54) is 6.07 Å². The van der Waals surface area contributed by atoms with Crippen molar-refractivity contribution in [3.05, 3.63) is 92.4 Å². The van der Waals surface area contributed by atoms with Gasteiger partial charge in [0.2, 0.25) is 0 Å². The second-order valence-corrected chi connectivity index (χ2v) is 7.95. The number of halogens is 2. The van der Waals surface area contributed by atoms with Crippen LogP contribution in [-0.4, -0.2) is 17.7 Å². The van der Waals surface area contributed by atoms with Crippen molar-refractivity contribution in [1.82, 2.24) is 0 Å². The monoisotopic (exact) mass is 468 g/mol. The van der Waals surface area contributed by atoms with E-state index >= 15 is 0 Å². The van der Waals surface area contributed by atoms with Crippen LogP contribution in [-0.2, 0) is 0 Å². The number of nitrogens with zero attached hydrogens (tertiary/aromatic N) is 1. The number of nitrogens with one attached hydrogen (secondary N) is 1. The van der Waals surface area contributed by atoms with Gasteiger partial charge in [-0.15, -0.1) is 0 Å². The molecule has 144 valence electrons. The zero-order valence-electron chi connectivity index (χ0n) is 15.2. The number of benzene rings is 3. The van der Waals surface area contributed by atoms with Gasteiger partial charge < -0.3 is 5.32 Å². The molecule has 1 N–H and O–H groups in total. The number of rotatable bonds is 3. The standard InChI is InChI=1S/C22H14BrClN2O3/c1-12-10-16(25-20(27)13-2-4-14(23)5-3-13)7-9-19(12)26-21(28)17-8-6-15(24)11-18(17)22(26)29/h2-11H,1H3,(H,25,27). The van der Waals surface area contributed by atoms with E-state index in [2.05, 4.69) is 21.2 Å². The van der Waals surface area contributed by atoms with Gasteiger partial charge in [0.25, 0.3) is 17.7 Å². The Hall–Kier alpha value is -2.96. The molecule has 29 heavy (non-hydrogen) atoms. The molecule has 0 aromatic heterocycles. The predicted molar refractivity (Wildman–Crippen MR) is 116 cm³/mol. The Labute approximate surface area is 180 Å². The molecule has 3 aromatic carbocycles. The maximum atomic E-state index is 12.8. The summed E-state index contributed by atoms with van der Waals surface area (Å²) in [5.74, 6) is -1.06. The molecule has 0 fully saturated rings. The number of hydrogen-bond acceptors (Lipinski definition) is 3. The molecule has 3 amide bonds. The second kappa shape index (κ2) is 7.46. The minimum Gasteiger partial charge on any atom is -0.322 e. The van der Waals surface area contributed by atoms with Crippen LogP contribution in [0.5, 0.6) is 0 Å². The van der Waals surface area contributed by atoms with Crippen molar-refractivity contribution in [2.75, 3.05) is 10.2 Å². The number of fused-ring (bicyclic) bond motifs is 1. The number of amides is 3. The van der Waals surface area contributed by atoms with E-state index in [1.54, 1.807) is 61.5 Å². The normalized spacial score (nSPS) is 12.9. The van der Waals surface area contributed by atoms with Crippen LogP contribution < -0.4 is 10.2 Å². The van der Waals surface area contributed by atoms with Gasteiger partial charge in [-0.1, -0.05) is 27.5 Å². The van der Waals surface area contributed by atoms with Gasteiger partial charge in [-0.3, -0.25) is 14.4 Å². The lowest BCUT2D eigenvalue weighted by molar-refractivity contribution is 0.0924.